The standard InChI is InChI=1S/C27H35N3O2/c1-27(2,3)32-26(31)29-17-9-13-22(20-29)14-10-18-30-24-16-8-7-15-23(24)28-25(30)19-21-11-5-4-6-12-21/h4-8,11-12,15-16,22H,9-10,13-14,17-20H2,1-3H3. The summed E-state index contributed by atoms with van der Waals surface area (Å²) in [5.41, 5.74) is 3.11. The SMILES string of the molecule is CC(C)(C)OC(=O)N1CCCC(CCCn2c(Cc3ccccc3)nc3ccccc32)C1. The number of fused-ring (bicyclic) bond motifs is 1. The number of ether oxygens (including phenoxy) is 1. The van der Waals surface area contributed by atoms with Crippen LogP contribution in [0.25, 0.3) is 11.0 Å². The molecule has 2 heterocycles. The van der Waals surface area contributed by atoms with Crippen molar-refractivity contribution in [3.05, 3.63) is 66.0 Å². The lowest BCUT2D eigenvalue weighted by molar-refractivity contribution is 0.0160. The first-order valence-electron chi connectivity index (χ1n) is 11.8. The van der Waals surface area contributed by atoms with Crippen LogP contribution < -0.4 is 0 Å². The lowest BCUT2D eigenvalue weighted by atomic mass is 9.93. The normalized spacial score (nSPS) is 17.0. The number of aryl methyl sites for hydroxylation is 1. The van der Waals surface area contributed by atoms with E-state index < -0.39 is 5.60 Å². The zero-order valence-electron chi connectivity index (χ0n) is 19.6. The molecule has 1 unspecified atom stereocenters. The Labute approximate surface area is 191 Å². The molecular formula is C27H35N3O2. The molecule has 1 aliphatic heterocycles. The number of nitrogens with zero attached hydrogens (tertiary/aromatic N) is 3. The van der Waals surface area contributed by atoms with Gasteiger partial charge in [-0.25, -0.2) is 9.78 Å². The van der Waals surface area contributed by atoms with Gasteiger partial charge in [0.1, 0.15) is 11.4 Å². The van der Waals surface area contributed by atoms with E-state index in [1.54, 1.807) is 0 Å². The minimum absolute atomic E-state index is 0.173. The van der Waals surface area contributed by atoms with E-state index in [9.17, 15) is 4.79 Å². The molecule has 0 N–H and O–H groups in total. The maximum Gasteiger partial charge on any atom is 0.410 e. The molecule has 0 spiro atoms. The minimum Gasteiger partial charge on any atom is -0.444 e. The smallest absolute Gasteiger partial charge is 0.410 e. The number of rotatable bonds is 6. The molecule has 32 heavy (non-hydrogen) atoms. The van der Waals surface area contributed by atoms with Gasteiger partial charge in [-0.15, -0.1) is 0 Å². The van der Waals surface area contributed by atoms with Crippen LogP contribution in [0.4, 0.5) is 4.79 Å². The quantitative estimate of drug-likeness (QED) is 0.475. The molecule has 2 aromatic carbocycles. The Morgan fingerprint density at radius 2 is 1.84 bits per heavy atom. The van der Waals surface area contributed by atoms with Crippen molar-refractivity contribution in [3.8, 4) is 0 Å². The Hall–Kier alpha value is -2.82. The highest BCUT2D eigenvalue weighted by atomic mass is 16.6. The molecule has 3 aromatic rings. The molecule has 4 rings (SSSR count). The van der Waals surface area contributed by atoms with Gasteiger partial charge >= 0.3 is 6.09 Å². The Kier molecular flexibility index (Phi) is 6.83. The van der Waals surface area contributed by atoms with E-state index in [0.29, 0.717) is 5.92 Å². The first-order valence-corrected chi connectivity index (χ1v) is 11.8. The van der Waals surface area contributed by atoms with Gasteiger partial charge in [0.05, 0.1) is 11.0 Å². The van der Waals surface area contributed by atoms with E-state index in [-0.39, 0.29) is 6.09 Å². The van der Waals surface area contributed by atoms with Gasteiger partial charge < -0.3 is 14.2 Å². The van der Waals surface area contributed by atoms with Crippen LogP contribution in [0.5, 0.6) is 0 Å². The number of carbonyl (C=O) groups is 1. The van der Waals surface area contributed by atoms with E-state index in [1.807, 2.05) is 25.7 Å². The van der Waals surface area contributed by atoms with Crippen LogP contribution in [0.3, 0.4) is 0 Å². The summed E-state index contributed by atoms with van der Waals surface area (Å²) in [5, 5.41) is 0. The molecule has 5 nitrogen and oxygen atoms in total. The summed E-state index contributed by atoms with van der Waals surface area (Å²) < 4.78 is 7.97. The Morgan fingerprint density at radius 3 is 2.62 bits per heavy atom. The topological polar surface area (TPSA) is 47.4 Å². The number of piperidine rings is 1. The van der Waals surface area contributed by atoms with Crippen molar-refractivity contribution >= 4 is 17.1 Å². The number of hydrogen-bond acceptors (Lipinski definition) is 3. The number of carbonyl (C=O) groups excluding carboxylic acids is 1. The number of benzene rings is 2. The molecule has 1 atom stereocenters. The van der Waals surface area contributed by atoms with Gasteiger partial charge in [-0.05, 0) is 70.1 Å². The third-order valence-electron chi connectivity index (χ3n) is 6.10. The van der Waals surface area contributed by atoms with E-state index in [2.05, 4.69) is 59.2 Å². The first-order chi connectivity index (χ1) is 15.4. The van der Waals surface area contributed by atoms with E-state index in [1.165, 1.54) is 17.5 Å². The van der Waals surface area contributed by atoms with Gasteiger partial charge in [-0.2, -0.15) is 0 Å². The van der Waals surface area contributed by atoms with Gasteiger partial charge in [0.25, 0.3) is 0 Å². The van der Waals surface area contributed by atoms with Crippen LogP contribution in [-0.4, -0.2) is 39.2 Å². The highest BCUT2D eigenvalue weighted by molar-refractivity contribution is 5.76. The summed E-state index contributed by atoms with van der Waals surface area (Å²) in [6.45, 7) is 8.33. The number of aromatic nitrogens is 2. The average molecular weight is 434 g/mol. The van der Waals surface area contributed by atoms with Crippen molar-refractivity contribution in [2.45, 2.75) is 65.0 Å². The molecule has 170 valence electrons. The lowest BCUT2D eigenvalue weighted by Gasteiger charge is -2.34. The van der Waals surface area contributed by atoms with Gasteiger partial charge in [0.15, 0.2) is 0 Å². The van der Waals surface area contributed by atoms with Gasteiger partial charge in [-0.3, -0.25) is 0 Å². The molecule has 1 amide bonds. The second-order valence-electron chi connectivity index (χ2n) is 9.91. The van der Waals surface area contributed by atoms with Crippen LogP contribution in [0.15, 0.2) is 54.6 Å². The second-order valence-corrected chi connectivity index (χ2v) is 9.91. The van der Waals surface area contributed by atoms with Crippen molar-refractivity contribution < 1.29 is 9.53 Å². The molecule has 1 aliphatic rings. The Morgan fingerprint density at radius 1 is 1.09 bits per heavy atom. The largest absolute Gasteiger partial charge is 0.444 e. The van der Waals surface area contributed by atoms with Crippen LogP contribution in [0.2, 0.25) is 0 Å². The van der Waals surface area contributed by atoms with E-state index in [0.717, 1.165) is 56.7 Å². The molecule has 0 aliphatic carbocycles. The van der Waals surface area contributed by atoms with Crippen molar-refractivity contribution in [1.29, 1.82) is 0 Å². The van der Waals surface area contributed by atoms with Crippen LogP contribution in [0, 0.1) is 5.92 Å². The number of hydrogen-bond donors (Lipinski definition) is 0. The second kappa shape index (κ2) is 9.76. The molecule has 1 fully saturated rings. The Balaban J connectivity index is 1.40. The summed E-state index contributed by atoms with van der Waals surface area (Å²) in [7, 11) is 0. The molecule has 0 saturated carbocycles. The van der Waals surface area contributed by atoms with Crippen molar-refractivity contribution in [3.63, 3.8) is 0 Å². The summed E-state index contributed by atoms with van der Waals surface area (Å²) in [6.07, 6.45) is 5.09. The lowest BCUT2D eigenvalue weighted by Crippen LogP contribution is -2.42. The maximum absolute atomic E-state index is 12.5. The number of imidazole rings is 1. The number of likely N-dealkylation sites (tertiary alicyclic amines) is 1. The monoisotopic (exact) mass is 433 g/mol. The highest BCUT2D eigenvalue weighted by Crippen LogP contribution is 2.25. The summed E-state index contributed by atoms with van der Waals surface area (Å²) in [6, 6.07) is 19.0. The third-order valence-corrected chi connectivity index (χ3v) is 6.10. The van der Waals surface area contributed by atoms with Crippen molar-refractivity contribution in [2.75, 3.05) is 13.1 Å². The average Bonchev–Trinajstić information content (AvgIpc) is 3.11. The van der Waals surface area contributed by atoms with Crippen LogP contribution in [0.1, 0.15) is 57.8 Å². The molecule has 1 saturated heterocycles. The zero-order valence-corrected chi connectivity index (χ0v) is 19.6. The summed E-state index contributed by atoms with van der Waals surface area (Å²) in [4.78, 5) is 19.3. The summed E-state index contributed by atoms with van der Waals surface area (Å²) in [5.74, 6) is 1.65. The van der Waals surface area contributed by atoms with Crippen molar-refractivity contribution in [1.82, 2.24) is 14.5 Å². The molecular weight excluding hydrogens is 398 g/mol. The van der Waals surface area contributed by atoms with Crippen molar-refractivity contribution in [2.24, 2.45) is 5.92 Å². The fraction of sp³-hybridized carbons (Fsp3) is 0.481. The Bertz CT molecular complexity index is 1040. The molecule has 0 radical (unpaired) electrons. The number of amides is 1. The van der Waals surface area contributed by atoms with Gasteiger partial charge in [-0.1, -0.05) is 42.5 Å². The van der Waals surface area contributed by atoms with Gasteiger partial charge in [0, 0.05) is 26.1 Å². The first kappa shape index (κ1) is 22.4. The highest BCUT2D eigenvalue weighted by Gasteiger charge is 2.27. The predicted molar refractivity (Wildman–Crippen MR) is 129 cm³/mol. The minimum atomic E-state index is -0.443. The maximum atomic E-state index is 12.5. The molecule has 1 aromatic heterocycles. The summed E-state index contributed by atoms with van der Waals surface area (Å²) >= 11 is 0. The van der Waals surface area contributed by atoms with Crippen LogP contribution >= 0.6 is 0 Å². The van der Waals surface area contributed by atoms with E-state index >= 15 is 0 Å². The molecule has 0 bridgehead atoms. The molecule has 5 heteroatoms. The number of para-hydroxylation sites is 2. The zero-order chi connectivity index (χ0) is 22.6. The fourth-order valence-corrected chi connectivity index (χ4v) is 4.62. The van der Waals surface area contributed by atoms with Crippen LogP contribution in [-0.2, 0) is 17.7 Å². The predicted octanol–water partition coefficient (Wildman–Crippen LogP) is 6.05. The van der Waals surface area contributed by atoms with Gasteiger partial charge in [0.2, 0.25) is 0 Å². The fourth-order valence-electron chi connectivity index (χ4n) is 4.62. The van der Waals surface area contributed by atoms with E-state index in [4.69, 9.17) is 9.72 Å². The third kappa shape index (κ3) is 5.70.